The van der Waals surface area contributed by atoms with Crippen molar-refractivity contribution in [3.05, 3.63) is 96.5 Å². The lowest BCUT2D eigenvalue weighted by atomic mass is 10.0. The van der Waals surface area contributed by atoms with Gasteiger partial charge in [-0.1, -0.05) is 68.1 Å². The molecule has 5 rings (SSSR count). The molecule has 9 nitrogen and oxygen atoms in total. The Morgan fingerprint density at radius 1 is 1.07 bits per heavy atom. The number of ether oxygens (including phenoxy) is 1. The van der Waals surface area contributed by atoms with Crippen LogP contribution in [-0.2, 0) is 4.79 Å². The molecule has 0 saturated carbocycles. The molecule has 3 aromatic carbocycles. The molecule has 13 heteroatoms. The van der Waals surface area contributed by atoms with Crippen molar-refractivity contribution in [3.63, 3.8) is 0 Å². The summed E-state index contributed by atoms with van der Waals surface area (Å²) in [4.78, 5) is 35.1. The number of nitrogens with one attached hydrogen (secondary N) is 1. The van der Waals surface area contributed by atoms with Crippen LogP contribution < -0.4 is 15.0 Å². The summed E-state index contributed by atoms with van der Waals surface area (Å²) in [5.74, 6) is 0.353. The number of aromatic nitrogens is 3. The fourth-order valence-electron chi connectivity index (χ4n) is 4.25. The summed E-state index contributed by atoms with van der Waals surface area (Å²) >= 11 is 1.22. The molecule has 1 fully saturated rings. The van der Waals surface area contributed by atoms with E-state index in [1.54, 1.807) is 18.2 Å². The highest BCUT2D eigenvalue weighted by atomic mass is 32.2. The summed E-state index contributed by atoms with van der Waals surface area (Å²) in [5, 5.41) is 7.32. The fourth-order valence-corrected chi connectivity index (χ4v) is 5.11. The molecule has 1 N–H and O–H groups in total. The molecule has 0 bridgehead atoms. The average molecular weight is 607 g/mol. The smallest absolute Gasteiger partial charge is 0.406 e. The van der Waals surface area contributed by atoms with E-state index in [0.717, 1.165) is 16.8 Å². The maximum absolute atomic E-state index is 12.6. The molecular formula is C30H25F3N6O3S. The Hall–Kier alpha value is -4.91. The molecule has 1 aliphatic heterocycles. The molecule has 0 unspecified atom stereocenters. The van der Waals surface area contributed by atoms with E-state index in [1.807, 2.05) is 50.2 Å². The lowest BCUT2D eigenvalue weighted by molar-refractivity contribution is -0.274. The SMILES string of the molecule is CC(C)c1ccccc1N1C(=O)CS/C1=N\C(=O)N/C=C/c1ccc(-c2ncn(-c3ccc(OC(F)(F)F)cc3)n2)cc1. The molecule has 0 aliphatic carbocycles. The van der Waals surface area contributed by atoms with E-state index >= 15 is 0 Å². The third-order valence-corrected chi connectivity index (χ3v) is 7.16. The number of carbonyl (C=O) groups excluding carboxylic acids is 2. The first-order valence-corrected chi connectivity index (χ1v) is 14.0. The second-order valence-electron chi connectivity index (χ2n) is 9.58. The minimum Gasteiger partial charge on any atom is -0.406 e. The fraction of sp³-hybridized carbons (Fsp3) is 0.167. The maximum Gasteiger partial charge on any atom is 0.573 e. The second kappa shape index (κ2) is 12.5. The number of thioether (sulfide) groups is 1. The molecule has 1 aromatic heterocycles. The first-order chi connectivity index (χ1) is 20.6. The second-order valence-corrected chi connectivity index (χ2v) is 10.5. The number of nitrogens with zero attached hydrogens (tertiary/aromatic N) is 5. The van der Waals surface area contributed by atoms with Crippen LogP contribution in [0, 0.1) is 0 Å². The van der Waals surface area contributed by atoms with Gasteiger partial charge in [0.15, 0.2) is 11.0 Å². The van der Waals surface area contributed by atoms with Crippen molar-refractivity contribution in [2.45, 2.75) is 26.1 Å². The zero-order valence-corrected chi connectivity index (χ0v) is 23.8. The molecule has 3 amide bonds. The van der Waals surface area contributed by atoms with E-state index in [1.165, 1.54) is 58.1 Å². The largest absolute Gasteiger partial charge is 0.573 e. The van der Waals surface area contributed by atoms with E-state index in [0.29, 0.717) is 22.2 Å². The molecule has 220 valence electrons. The first-order valence-electron chi connectivity index (χ1n) is 13.1. The number of amides is 3. The van der Waals surface area contributed by atoms with Crippen molar-refractivity contribution in [1.29, 1.82) is 0 Å². The Morgan fingerprint density at radius 2 is 1.79 bits per heavy atom. The van der Waals surface area contributed by atoms with E-state index < -0.39 is 12.4 Å². The van der Waals surface area contributed by atoms with Gasteiger partial charge in [0.05, 0.1) is 17.1 Å². The number of aliphatic imine (C=N–C) groups is 1. The summed E-state index contributed by atoms with van der Waals surface area (Å²) in [6.45, 7) is 4.08. The molecule has 4 aromatic rings. The Labute approximate surface area is 249 Å². The molecule has 1 saturated heterocycles. The number of halogens is 3. The van der Waals surface area contributed by atoms with Gasteiger partial charge in [0.2, 0.25) is 5.91 Å². The van der Waals surface area contributed by atoms with Crippen LogP contribution in [0.5, 0.6) is 5.75 Å². The summed E-state index contributed by atoms with van der Waals surface area (Å²) in [5.41, 5.74) is 3.73. The highest BCUT2D eigenvalue weighted by Gasteiger charge is 2.32. The van der Waals surface area contributed by atoms with Gasteiger partial charge in [-0.15, -0.1) is 18.3 Å². The molecular weight excluding hydrogens is 581 g/mol. The number of anilines is 1. The Morgan fingerprint density at radius 3 is 2.49 bits per heavy atom. The van der Waals surface area contributed by atoms with Crippen LogP contribution in [0.1, 0.15) is 30.9 Å². The normalized spacial score (nSPS) is 14.7. The highest BCUT2D eigenvalue weighted by Crippen LogP contribution is 2.33. The monoisotopic (exact) mass is 606 g/mol. The quantitative estimate of drug-likeness (QED) is 0.249. The van der Waals surface area contributed by atoms with E-state index in [9.17, 15) is 22.8 Å². The van der Waals surface area contributed by atoms with Crippen LogP contribution in [0.25, 0.3) is 23.2 Å². The van der Waals surface area contributed by atoms with Gasteiger partial charge in [-0.3, -0.25) is 9.69 Å². The summed E-state index contributed by atoms with van der Waals surface area (Å²) in [6.07, 6.45) is -0.147. The highest BCUT2D eigenvalue weighted by molar-refractivity contribution is 8.15. The molecule has 0 spiro atoms. The number of urea groups is 1. The Bertz CT molecular complexity index is 1680. The zero-order valence-electron chi connectivity index (χ0n) is 22.9. The number of amidine groups is 1. The predicted molar refractivity (Wildman–Crippen MR) is 159 cm³/mol. The Balaban J connectivity index is 1.21. The maximum atomic E-state index is 12.6. The number of alkyl halides is 3. The van der Waals surface area contributed by atoms with Gasteiger partial charge >= 0.3 is 12.4 Å². The lowest BCUT2D eigenvalue weighted by Gasteiger charge is -2.21. The third-order valence-electron chi connectivity index (χ3n) is 6.24. The van der Waals surface area contributed by atoms with Gasteiger partial charge in [-0.25, -0.2) is 14.5 Å². The first kappa shape index (κ1) is 29.6. The summed E-state index contributed by atoms with van der Waals surface area (Å²) < 4.78 is 42.5. The van der Waals surface area contributed by atoms with Crippen molar-refractivity contribution in [2.24, 2.45) is 4.99 Å². The van der Waals surface area contributed by atoms with Crippen molar-refractivity contribution in [2.75, 3.05) is 10.7 Å². The zero-order chi connectivity index (χ0) is 30.6. The van der Waals surface area contributed by atoms with E-state index in [-0.39, 0.29) is 23.3 Å². The topological polar surface area (TPSA) is 102 Å². The van der Waals surface area contributed by atoms with E-state index in [2.05, 4.69) is 25.1 Å². The number of hydrogen-bond acceptors (Lipinski definition) is 6. The standard InChI is InChI=1S/C30H25F3N6O3S/c1-19(2)24-5-3-4-6-25(24)39-26(40)17-43-29(39)36-28(41)34-16-15-20-7-9-21(10-8-20)27-35-18-38(37-27)22-11-13-23(14-12-22)42-30(31,32)33/h3-16,18-19H,17H2,1-2H3,(H,34,41)/b16-15+,36-29-. The van der Waals surface area contributed by atoms with Crippen LogP contribution in [0.2, 0.25) is 0 Å². The van der Waals surface area contributed by atoms with Gasteiger partial charge in [0.1, 0.15) is 12.1 Å². The summed E-state index contributed by atoms with van der Waals surface area (Å²) in [7, 11) is 0. The van der Waals surface area contributed by atoms with Gasteiger partial charge in [-0.05, 0) is 53.5 Å². The van der Waals surface area contributed by atoms with Crippen molar-refractivity contribution in [3.8, 4) is 22.8 Å². The number of para-hydroxylation sites is 1. The van der Waals surface area contributed by atoms with Crippen LogP contribution in [0.15, 0.2) is 90.3 Å². The molecule has 0 atom stereocenters. The lowest BCUT2D eigenvalue weighted by Crippen LogP contribution is -2.31. The minimum atomic E-state index is -4.76. The molecule has 0 radical (unpaired) electrons. The van der Waals surface area contributed by atoms with Gasteiger partial charge in [0.25, 0.3) is 0 Å². The number of carbonyl (C=O) groups is 2. The predicted octanol–water partition coefficient (Wildman–Crippen LogP) is 6.77. The average Bonchev–Trinajstić information content (AvgIpc) is 3.60. The van der Waals surface area contributed by atoms with Crippen molar-refractivity contribution in [1.82, 2.24) is 20.1 Å². The molecule has 1 aliphatic rings. The number of benzene rings is 3. The van der Waals surface area contributed by atoms with Crippen LogP contribution >= 0.6 is 11.8 Å². The Kier molecular flexibility index (Phi) is 8.62. The van der Waals surface area contributed by atoms with Gasteiger partial charge in [0, 0.05) is 11.8 Å². The third kappa shape index (κ3) is 7.30. The summed E-state index contributed by atoms with van der Waals surface area (Å²) in [6, 6.07) is 19.5. The van der Waals surface area contributed by atoms with Gasteiger partial charge in [-0.2, -0.15) is 4.99 Å². The molecule has 2 heterocycles. The van der Waals surface area contributed by atoms with Crippen LogP contribution in [-0.4, -0.2) is 44.0 Å². The molecule has 43 heavy (non-hydrogen) atoms. The van der Waals surface area contributed by atoms with Crippen molar-refractivity contribution >= 4 is 40.6 Å². The van der Waals surface area contributed by atoms with Crippen molar-refractivity contribution < 1.29 is 27.5 Å². The van der Waals surface area contributed by atoms with E-state index in [4.69, 9.17) is 0 Å². The number of rotatable bonds is 7. The van der Waals surface area contributed by atoms with Crippen LogP contribution in [0.4, 0.5) is 23.7 Å². The number of hydrogen-bond donors (Lipinski definition) is 1. The van der Waals surface area contributed by atoms with Crippen LogP contribution in [0.3, 0.4) is 0 Å². The van der Waals surface area contributed by atoms with Gasteiger partial charge < -0.3 is 10.1 Å². The minimum absolute atomic E-state index is 0.131.